The molecule has 49 heavy (non-hydrogen) atoms. The average Bonchev–Trinajstić information content (AvgIpc) is 3.15. The van der Waals surface area contributed by atoms with E-state index in [4.69, 9.17) is 15.0 Å². The minimum absolute atomic E-state index is 0.236. The standard InChI is InChI=1S/C44H30N4S/c1-44(2)36-20-18-27(26-45)22-39(36)49-38-21-19-30(25-37(38)44)34-16-6-7-17-35(34)43-47-41(29-10-4-3-5-11-29)46-42(48-43)33-23-31-14-8-12-28-13-9-15-32(24-33)40(28)31/h3-12,14-25H,13H2,1-2H3. The summed E-state index contributed by atoms with van der Waals surface area (Å²) in [5, 5.41) is 12.0. The summed E-state index contributed by atoms with van der Waals surface area (Å²) in [4.78, 5) is 17.7. The van der Waals surface area contributed by atoms with E-state index in [0.29, 0.717) is 23.0 Å². The van der Waals surface area contributed by atoms with Gasteiger partial charge in [0.05, 0.1) is 11.6 Å². The Balaban J connectivity index is 1.20. The lowest BCUT2D eigenvalue weighted by Crippen LogP contribution is -2.23. The molecule has 1 aromatic heterocycles. The number of hydrogen-bond acceptors (Lipinski definition) is 5. The summed E-state index contributed by atoms with van der Waals surface area (Å²) in [6.07, 6.45) is 5.39. The number of rotatable bonds is 4. The van der Waals surface area contributed by atoms with Crippen molar-refractivity contribution in [3.8, 4) is 51.4 Å². The Labute approximate surface area is 289 Å². The summed E-state index contributed by atoms with van der Waals surface area (Å²) < 4.78 is 0. The zero-order chi connectivity index (χ0) is 33.1. The van der Waals surface area contributed by atoms with Gasteiger partial charge in [-0.2, -0.15) is 5.26 Å². The molecule has 7 aromatic rings. The van der Waals surface area contributed by atoms with Gasteiger partial charge in [-0.05, 0) is 87.0 Å². The number of benzene rings is 6. The van der Waals surface area contributed by atoms with E-state index in [1.165, 1.54) is 37.9 Å². The molecule has 0 spiro atoms. The quantitative estimate of drug-likeness (QED) is 0.190. The Kier molecular flexibility index (Phi) is 6.82. The maximum Gasteiger partial charge on any atom is 0.164 e. The van der Waals surface area contributed by atoms with Gasteiger partial charge in [0.2, 0.25) is 0 Å². The molecule has 0 atom stereocenters. The van der Waals surface area contributed by atoms with Crippen molar-refractivity contribution in [3.63, 3.8) is 0 Å². The van der Waals surface area contributed by atoms with E-state index in [1.807, 2.05) is 30.3 Å². The molecule has 0 amide bonds. The third-order valence-electron chi connectivity index (χ3n) is 9.79. The van der Waals surface area contributed by atoms with Crippen LogP contribution in [0.1, 0.15) is 41.7 Å². The van der Waals surface area contributed by atoms with Gasteiger partial charge in [-0.3, -0.25) is 0 Å². The van der Waals surface area contributed by atoms with Gasteiger partial charge in [0.25, 0.3) is 0 Å². The van der Waals surface area contributed by atoms with E-state index in [0.717, 1.165) is 39.1 Å². The van der Waals surface area contributed by atoms with Crippen LogP contribution in [0.5, 0.6) is 0 Å². The van der Waals surface area contributed by atoms with Gasteiger partial charge in [-0.25, -0.2) is 15.0 Å². The Bertz CT molecular complexity index is 2540. The van der Waals surface area contributed by atoms with Crippen molar-refractivity contribution in [1.82, 2.24) is 15.0 Å². The van der Waals surface area contributed by atoms with Crippen LogP contribution < -0.4 is 0 Å². The van der Waals surface area contributed by atoms with E-state index in [1.54, 1.807) is 11.8 Å². The number of fused-ring (bicyclic) bond motifs is 2. The van der Waals surface area contributed by atoms with Crippen LogP contribution in [0.15, 0.2) is 137 Å². The lowest BCUT2D eigenvalue weighted by molar-refractivity contribution is 0.607. The molecular formula is C44H30N4S. The molecule has 0 saturated heterocycles. The average molecular weight is 647 g/mol. The van der Waals surface area contributed by atoms with Gasteiger partial charge in [0, 0.05) is 31.9 Å². The molecule has 0 unspecified atom stereocenters. The fourth-order valence-electron chi connectivity index (χ4n) is 7.29. The summed E-state index contributed by atoms with van der Waals surface area (Å²) >= 11 is 1.74. The highest BCUT2D eigenvalue weighted by molar-refractivity contribution is 7.99. The monoisotopic (exact) mass is 646 g/mol. The third-order valence-corrected chi connectivity index (χ3v) is 10.9. The fourth-order valence-corrected chi connectivity index (χ4v) is 8.70. The Morgan fingerprint density at radius 3 is 2.24 bits per heavy atom. The first-order valence-corrected chi connectivity index (χ1v) is 17.3. The van der Waals surface area contributed by atoms with Crippen molar-refractivity contribution in [2.24, 2.45) is 0 Å². The van der Waals surface area contributed by atoms with Crippen molar-refractivity contribution in [2.45, 2.75) is 35.5 Å². The lowest BCUT2D eigenvalue weighted by Gasteiger charge is -2.35. The molecule has 2 aliphatic rings. The zero-order valence-corrected chi connectivity index (χ0v) is 27.9. The van der Waals surface area contributed by atoms with Gasteiger partial charge in [0.15, 0.2) is 17.5 Å². The minimum atomic E-state index is -0.236. The number of aromatic nitrogens is 3. The van der Waals surface area contributed by atoms with E-state index in [-0.39, 0.29) is 5.41 Å². The number of nitrogens with zero attached hydrogens (tertiary/aromatic N) is 4. The first-order chi connectivity index (χ1) is 24.0. The summed E-state index contributed by atoms with van der Waals surface area (Å²) in [5.41, 5.74) is 10.5. The Morgan fingerprint density at radius 1 is 0.633 bits per heavy atom. The normalized spacial score (nSPS) is 13.8. The van der Waals surface area contributed by atoms with E-state index >= 15 is 0 Å². The molecular weight excluding hydrogens is 617 g/mol. The predicted octanol–water partition coefficient (Wildman–Crippen LogP) is 10.9. The second-order valence-corrected chi connectivity index (χ2v) is 14.2. The highest BCUT2D eigenvalue weighted by Gasteiger charge is 2.33. The van der Waals surface area contributed by atoms with Crippen LogP contribution in [0.25, 0.3) is 62.1 Å². The maximum absolute atomic E-state index is 9.51. The van der Waals surface area contributed by atoms with Crippen molar-refractivity contribution in [1.29, 1.82) is 5.26 Å². The van der Waals surface area contributed by atoms with Crippen molar-refractivity contribution in [3.05, 3.63) is 155 Å². The topological polar surface area (TPSA) is 62.5 Å². The minimum Gasteiger partial charge on any atom is -0.208 e. The van der Waals surface area contributed by atoms with Crippen LogP contribution in [0.4, 0.5) is 0 Å². The van der Waals surface area contributed by atoms with Crippen LogP contribution in [-0.4, -0.2) is 15.0 Å². The van der Waals surface area contributed by atoms with Crippen LogP contribution in [-0.2, 0) is 11.8 Å². The number of hydrogen-bond donors (Lipinski definition) is 0. The molecule has 1 aliphatic carbocycles. The molecule has 232 valence electrons. The molecule has 4 nitrogen and oxygen atoms in total. The molecule has 0 radical (unpaired) electrons. The van der Waals surface area contributed by atoms with Crippen molar-refractivity contribution >= 4 is 28.6 Å². The van der Waals surface area contributed by atoms with Crippen LogP contribution in [0, 0.1) is 11.3 Å². The lowest BCUT2D eigenvalue weighted by atomic mass is 9.76. The Hall–Kier alpha value is -5.83. The van der Waals surface area contributed by atoms with E-state index < -0.39 is 0 Å². The van der Waals surface area contributed by atoms with Crippen molar-refractivity contribution in [2.75, 3.05) is 0 Å². The second kappa shape index (κ2) is 11.4. The molecule has 0 N–H and O–H groups in total. The van der Waals surface area contributed by atoms with Crippen LogP contribution in [0.3, 0.4) is 0 Å². The van der Waals surface area contributed by atoms with E-state index in [2.05, 4.69) is 123 Å². The molecule has 6 aromatic carbocycles. The first-order valence-electron chi connectivity index (χ1n) is 16.5. The van der Waals surface area contributed by atoms with Crippen molar-refractivity contribution < 1.29 is 0 Å². The van der Waals surface area contributed by atoms with Gasteiger partial charge < -0.3 is 0 Å². The van der Waals surface area contributed by atoms with Gasteiger partial charge >= 0.3 is 0 Å². The molecule has 0 fully saturated rings. The van der Waals surface area contributed by atoms with Gasteiger partial charge in [0.1, 0.15) is 0 Å². The fraction of sp³-hybridized carbons (Fsp3) is 0.0909. The number of nitriles is 1. The summed E-state index contributed by atoms with van der Waals surface area (Å²) in [5.74, 6) is 1.93. The first kappa shape index (κ1) is 29.3. The largest absolute Gasteiger partial charge is 0.208 e. The summed E-state index contributed by atoms with van der Waals surface area (Å²) in [6, 6.07) is 44.6. The van der Waals surface area contributed by atoms with Gasteiger partial charge in [-0.1, -0.05) is 123 Å². The van der Waals surface area contributed by atoms with E-state index in [9.17, 15) is 5.26 Å². The summed E-state index contributed by atoms with van der Waals surface area (Å²) in [6.45, 7) is 4.54. The second-order valence-electron chi connectivity index (χ2n) is 13.2. The Morgan fingerprint density at radius 2 is 1.41 bits per heavy atom. The highest BCUT2D eigenvalue weighted by atomic mass is 32.2. The highest BCUT2D eigenvalue weighted by Crippen LogP contribution is 2.50. The molecule has 0 saturated carbocycles. The predicted molar refractivity (Wildman–Crippen MR) is 199 cm³/mol. The molecule has 2 heterocycles. The molecule has 5 heteroatoms. The maximum atomic E-state index is 9.51. The van der Waals surface area contributed by atoms with Crippen LogP contribution >= 0.6 is 11.8 Å². The zero-order valence-electron chi connectivity index (χ0n) is 27.1. The molecule has 0 bridgehead atoms. The molecule has 9 rings (SSSR count). The SMILES string of the molecule is CC1(C)c2ccc(C#N)cc2Sc2ccc(-c3ccccc3-c3nc(-c4ccccc4)nc(-c4cc5c6c(cccc6c4)CC=C5)n3)cc21. The molecule has 1 aliphatic heterocycles. The number of allylic oxidation sites excluding steroid dienone is 1. The summed E-state index contributed by atoms with van der Waals surface area (Å²) in [7, 11) is 0. The smallest absolute Gasteiger partial charge is 0.164 e. The third kappa shape index (κ3) is 4.96. The van der Waals surface area contributed by atoms with Crippen LogP contribution in [0.2, 0.25) is 0 Å². The van der Waals surface area contributed by atoms with Gasteiger partial charge in [-0.15, -0.1) is 0 Å².